The van der Waals surface area contributed by atoms with Gasteiger partial charge in [-0.1, -0.05) is 20.3 Å². The second-order valence-corrected chi connectivity index (χ2v) is 7.67. The van der Waals surface area contributed by atoms with Crippen LogP contribution in [0, 0.1) is 0 Å². The highest BCUT2D eigenvalue weighted by Gasteiger charge is 2.19. The van der Waals surface area contributed by atoms with E-state index in [0.29, 0.717) is 35.7 Å². The Balaban J connectivity index is 1.61. The van der Waals surface area contributed by atoms with Crippen LogP contribution in [0.3, 0.4) is 0 Å². The minimum absolute atomic E-state index is 0.0848. The van der Waals surface area contributed by atoms with Crippen LogP contribution in [-0.2, 0) is 35.6 Å². The Kier molecular flexibility index (Phi) is 6.20. The van der Waals surface area contributed by atoms with E-state index in [0.717, 1.165) is 30.2 Å². The molecule has 0 atom stereocenters. The van der Waals surface area contributed by atoms with Gasteiger partial charge < -0.3 is 14.3 Å². The van der Waals surface area contributed by atoms with Crippen molar-refractivity contribution >= 4 is 28.2 Å². The standard InChI is InChI=1S/C22H26N6O4/c1-3-5-10-28-20-18(21(30)26-22(28)31)27(9-4-2)16(25-20)13-32-17(29)11-14-12-24-19-15(14)7-6-8-23-19/h6-8,12H,3-5,9-11,13H2,1-2H3,(H,23,24)(H,26,30,31). The first-order chi connectivity index (χ1) is 15.5. The van der Waals surface area contributed by atoms with E-state index < -0.39 is 17.2 Å². The molecule has 0 aliphatic heterocycles. The van der Waals surface area contributed by atoms with Gasteiger partial charge in [0, 0.05) is 30.9 Å². The number of aromatic nitrogens is 6. The minimum atomic E-state index is -0.484. The number of aryl methyl sites for hydroxylation is 2. The molecule has 4 aromatic heterocycles. The maximum atomic E-state index is 12.6. The lowest BCUT2D eigenvalue weighted by Gasteiger charge is -2.08. The number of carbonyl (C=O) groups excluding carboxylic acids is 1. The predicted octanol–water partition coefficient (Wildman–Crippen LogP) is 2.26. The summed E-state index contributed by atoms with van der Waals surface area (Å²) in [7, 11) is 0. The molecule has 168 valence electrons. The van der Waals surface area contributed by atoms with Gasteiger partial charge >= 0.3 is 11.7 Å². The number of pyridine rings is 1. The zero-order valence-corrected chi connectivity index (χ0v) is 18.2. The fraction of sp³-hybridized carbons (Fsp3) is 0.409. The molecule has 10 heteroatoms. The Morgan fingerprint density at radius 2 is 2.00 bits per heavy atom. The molecule has 0 bridgehead atoms. The van der Waals surface area contributed by atoms with E-state index in [1.807, 2.05) is 26.0 Å². The summed E-state index contributed by atoms with van der Waals surface area (Å²) in [5.74, 6) is 0.0271. The van der Waals surface area contributed by atoms with Crippen LogP contribution in [-0.4, -0.2) is 35.0 Å². The summed E-state index contributed by atoms with van der Waals surface area (Å²) in [6.07, 6.45) is 5.95. The van der Waals surface area contributed by atoms with Gasteiger partial charge in [-0.25, -0.2) is 14.8 Å². The summed E-state index contributed by atoms with van der Waals surface area (Å²) in [6.45, 7) is 4.90. The first kappa shape index (κ1) is 21.5. The molecule has 4 heterocycles. The van der Waals surface area contributed by atoms with Gasteiger partial charge in [0.15, 0.2) is 11.2 Å². The fourth-order valence-corrected chi connectivity index (χ4v) is 3.83. The first-order valence-corrected chi connectivity index (χ1v) is 10.8. The number of hydrogen-bond acceptors (Lipinski definition) is 6. The van der Waals surface area contributed by atoms with E-state index in [1.54, 1.807) is 17.0 Å². The molecule has 2 N–H and O–H groups in total. The number of imidazole rings is 1. The highest BCUT2D eigenvalue weighted by atomic mass is 16.5. The van der Waals surface area contributed by atoms with Crippen molar-refractivity contribution in [3.8, 4) is 0 Å². The zero-order chi connectivity index (χ0) is 22.7. The van der Waals surface area contributed by atoms with E-state index in [-0.39, 0.29) is 13.0 Å². The number of carbonyl (C=O) groups is 1. The number of unbranched alkanes of at least 4 members (excludes halogenated alkanes) is 1. The number of H-pyrrole nitrogens is 2. The highest BCUT2D eigenvalue weighted by molar-refractivity contribution is 5.84. The van der Waals surface area contributed by atoms with Crippen molar-refractivity contribution in [2.45, 2.75) is 59.2 Å². The third-order valence-electron chi connectivity index (χ3n) is 5.38. The van der Waals surface area contributed by atoms with E-state index in [4.69, 9.17) is 4.74 Å². The quantitative estimate of drug-likeness (QED) is 0.386. The van der Waals surface area contributed by atoms with Gasteiger partial charge in [0.25, 0.3) is 5.56 Å². The van der Waals surface area contributed by atoms with Crippen LogP contribution in [0.15, 0.2) is 34.1 Å². The number of esters is 1. The van der Waals surface area contributed by atoms with Crippen LogP contribution in [0.4, 0.5) is 0 Å². The van der Waals surface area contributed by atoms with Crippen molar-refractivity contribution in [2.24, 2.45) is 0 Å². The molecule has 4 rings (SSSR count). The van der Waals surface area contributed by atoms with Gasteiger partial charge in [-0.2, -0.15) is 0 Å². The molecule has 0 fully saturated rings. The van der Waals surface area contributed by atoms with Crippen LogP contribution < -0.4 is 11.2 Å². The van der Waals surface area contributed by atoms with Crippen molar-refractivity contribution in [2.75, 3.05) is 0 Å². The van der Waals surface area contributed by atoms with Crippen molar-refractivity contribution in [3.63, 3.8) is 0 Å². The maximum absolute atomic E-state index is 12.6. The zero-order valence-electron chi connectivity index (χ0n) is 18.2. The Bertz CT molecular complexity index is 1380. The molecule has 4 aromatic rings. The molecule has 10 nitrogen and oxygen atoms in total. The van der Waals surface area contributed by atoms with Crippen molar-refractivity contribution in [3.05, 3.63) is 56.8 Å². The summed E-state index contributed by atoms with van der Waals surface area (Å²) in [6, 6.07) is 3.71. The second kappa shape index (κ2) is 9.21. The highest BCUT2D eigenvalue weighted by Crippen LogP contribution is 2.18. The Morgan fingerprint density at radius 1 is 1.16 bits per heavy atom. The Hall–Kier alpha value is -3.69. The molecule has 0 aliphatic rings. The number of nitrogens with one attached hydrogen (secondary N) is 2. The number of ether oxygens (including phenoxy) is 1. The van der Waals surface area contributed by atoms with Crippen molar-refractivity contribution in [1.29, 1.82) is 0 Å². The fourth-order valence-electron chi connectivity index (χ4n) is 3.83. The first-order valence-electron chi connectivity index (χ1n) is 10.8. The number of hydrogen-bond donors (Lipinski definition) is 2. The molecule has 0 saturated carbocycles. The molecular formula is C22H26N6O4. The third-order valence-corrected chi connectivity index (χ3v) is 5.38. The lowest BCUT2D eigenvalue weighted by molar-refractivity contribution is -0.144. The van der Waals surface area contributed by atoms with E-state index in [2.05, 4.69) is 19.9 Å². The molecular weight excluding hydrogens is 412 g/mol. The van der Waals surface area contributed by atoms with Crippen LogP contribution in [0.1, 0.15) is 44.5 Å². The molecule has 0 saturated heterocycles. The average Bonchev–Trinajstić information content (AvgIpc) is 3.34. The average molecular weight is 438 g/mol. The number of rotatable bonds is 9. The summed E-state index contributed by atoms with van der Waals surface area (Å²) in [5.41, 5.74) is 1.20. The maximum Gasteiger partial charge on any atom is 0.330 e. The molecule has 0 aliphatic carbocycles. The van der Waals surface area contributed by atoms with Crippen LogP contribution in [0.25, 0.3) is 22.2 Å². The minimum Gasteiger partial charge on any atom is -0.457 e. The van der Waals surface area contributed by atoms with Crippen LogP contribution >= 0.6 is 0 Å². The third kappa shape index (κ3) is 4.08. The predicted molar refractivity (Wildman–Crippen MR) is 119 cm³/mol. The second-order valence-electron chi connectivity index (χ2n) is 7.67. The lowest BCUT2D eigenvalue weighted by atomic mass is 10.1. The molecule has 32 heavy (non-hydrogen) atoms. The van der Waals surface area contributed by atoms with E-state index >= 15 is 0 Å². The topological polar surface area (TPSA) is 128 Å². The number of aromatic amines is 2. The number of fused-ring (bicyclic) bond motifs is 2. The van der Waals surface area contributed by atoms with Gasteiger partial charge in [0.2, 0.25) is 0 Å². The molecule has 0 amide bonds. The normalized spacial score (nSPS) is 11.4. The number of nitrogens with zero attached hydrogens (tertiary/aromatic N) is 4. The summed E-state index contributed by atoms with van der Waals surface area (Å²) in [4.78, 5) is 51.6. The van der Waals surface area contributed by atoms with Gasteiger partial charge in [-0.05, 0) is 30.5 Å². The van der Waals surface area contributed by atoms with E-state index in [9.17, 15) is 14.4 Å². The molecule has 0 radical (unpaired) electrons. The monoisotopic (exact) mass is 438 g/mol. The summed E-state index contributed by atoms with van der Waals surface area (Å²) < 4.78 is 8.72. The Morgan fingerprint density at radius 3 is 2.78 bits per heavy atom. The van der Waals surface area contributed by atoms with Crippen molar-refractivity contribution in [1.82, 2.24) is 29.1 Å². The van der Waals surface area contributed by atoms with E-state index in [1.165, 1.54) is 4.57 Å². The van der Waals surface area contributed by atoms with Crippen LogP contribution in [0.5, 0.6) is 0 Å². The largest absolute Gasteiger partial charge is 0.457 e. The van der Waals surface area contributed by atoms with Gasteiger partial charge in [0.05, 0.1) is 6.42 Å². The van der Waals surface area contributed by atoms with Crippen LogP contribution in [0.2, 0.25) is 0 Å². The Labute approximate surface area is 183 Å². The van der Waals surface area contributed by atoms with Gasteiger partial charge in [-0.3, -0.25) is 19.1 Å². The summed E-state index contributed by atoms with van der Waals surface area (Å²) >= 11 is 0. The van der Waals surface area contributed by atoms with Gasteiger partial charge in [-0.15, -0.1) is 0 Å². The lowest BCUT2D eigenvalue weighted by Crippen LogP contribution is -2.31. The molecule has 0 spiro atoms. The van der Waals surface area contributed by atoms with Crippen molar-refractivity contribution < 1.29 is 9.53 Å². The van der Waals surface area contributed by atoms with Gasteiger partial charge in [0.1, 0.15) is 18.1 Å². The summed E-state index contributed by atoms with van der Waals surface area (Å²) in [5, 5.41) is 0.870. The molecule has 0 unspecified atom stereocenters. The SMILES string of the molecule is CCCCn1c(=O)[nH]c(=O)c2c1nc(COC(=O)Cc1c[nH]c3ncccc13)n2CCC. The smallest absolute Gasteiger partial charge is 0.330 e. The molecule has 0 aromatic carbocycles.